The smallest absolute Gasteiger partial charge is 0.381 e. The van der Waals surface area contributed by atoms with Crippen LogP contribution >= 0.6 is 0 Å². The lowest BCUT2D eigenvalue weighted by Gasteiger charge is -2.32. The quantitative estimate of drug-likeness (QED) is 0.456. The molecule has 0 saturated carbocycles. The molecule has 3 N–H and O–H groups in total. The van der Waals surface area contributed by atoms with E-state index in [2.05, 4.69) is 10.6 Å². The van der Waals surface area contributed by atoms with Crippen molar-refractivity contribution in [3.63, 3.8) is 0 Å². The number of anilines is 1. The molecule has 0 spiro atoms. The third kappa shape index (κ3) is 6.33. The standard InChI is InChI=1S/C21H19F9N2O2/c1-11-5-17(4-3-13(11)9-31-12(2)33)32-10-18(34,21(28,29)30)14-6-15(19(22,23)24)8-16(7-14)20(25,26)27/h3-8,32,34H,9-10H2,1-2H3,(H,31,33)/t18-/m1/s1. The molecule has 0 radical (unpaired) electrons. The van der Waals surface area contributed by atoms with E-state index in [0.29, 0.717) is 11.1 Å². The summed E-state index contributed by atoms with van der Waals surface area (Å²) in [5.74, 6) is -0.323. The largest absolute Gasteiger partial charge is 0.423 e. The number of alkyl halides is 9. The summed E-state index contributed by atoms with van der Waals surface area (Å²) in [4.78, 5) is 11.0. The Morgan fingerprint density at radius 1 is 0.853 bits per heavy atom. The van der Waals surface area contributed by atoms with Gasteiger partial charge in [-0.15, -0.1) is 0 Å². The minimum Gasteiger partial charge on any atom is -0.381 e. The maximum atomic E-state index is 13.8. The lowest BCUT2D eigenvalue weighted by molar-refractivity contribution is -0.261. The number of carbonyl (C=O) groups is 1. The van der Waals surface area contributed by atoms with Crippen LogP contribution in [0.5, 0.6) is 0 Å². The van der Waals surface area contributed by atoms with Crippen LogP contribution in [0.3, 0.4) is 0 Å². The highest BCUT2D eigenvalue weighted by Gasteiger charge is 2.56. The predicted molar refractivity (Wildman–Crippen MR) is 104 cm³/mol. The fourth-order valence-corrected chi connectivity index (χ4v) is 3.01. The van der Waals surface area contributed by atoms with E-state index in [1.54, 1.807) is 6.92 Å². The van der Waals surface area contributed by atoms with E-state index in [1.165, 1.54) is 25.1 Å². The highest BCUT2D eigenvalue weighted by molar-refractivity contribution is 5.72. The average Bonchev–Trinajstić information content (AvgIpc) is 2.68. The zero-order valence-electron chi connectivity index (χ0n) is 17.6. The number of aryl methyl sites for hydroxylation is 1. The Hall–Kier alpha value is -2.96. The summed E-state index contributed by atoms with van der Waals surface area (Å²) < 4.78 is 120. The van der Waals surface area contributed by atoms with Crippen molar-refractivity contribution in [3.05, 3.63) is 64.2 Å². The monoisotopic (exact) mass is 502 g/mol. The van der Waals surface area contributed by atoms with Crippen LogP contribution in [0.1, 0.15) is 34.7 Å². The highest BCUT2D eigenvalue weighted by Crippen LogP contribution is 2.44. The van der Waals surface area contributed by atoms with Crippen LogP contribution in [0.2, 0.25) is 0 Å². The Bertz CT molecular complexity index is 1010. The van der Waals surface area contributed by atoms with Crippen molar-refractivity contribution in [2.24, 2.45) is 0 Å². The minimum atomic E-state index is -5.63. The van der Waals surface area contributed by atoms with E-state index in [0.717, 1.165) is 0 Å². The lowest BCUT2D eigenvalue weighted by atomic mass is 9.89. The third-order valence-electron chi connectivity index (χ3n) is 4.95. The summed E-state index contributed by atoms with van der Waals surface area (Å²) in [7, 11) is 0. The number of hydrogen-bond acceptors (Lipinski definition) is 3. The van der Waals surface area contributed by atoms with Gasteiger partial charge in [0.25, 0.3) is 0 Å². The van der Waals surface area contributed by atoms with Gasteiger partial charge < -0.3 is 15.7 Å². The first kappa shape index (κ1) is 27.3. The number of amides is 1. The maximum Gasteiger partial charge on any atom is 0.423 e. The van der Waals surface area contributed by atoms with Crippen LogP contribution in [0.25, 0.3) is 0 Å². The molecule has 0 saturated heterocycles. The van der Waals surface area contributed by atoms with E-state index in [1.807, 2.05) is 0 Å². The van der Waals surface area contributed by atoms with Crippen molar-refractivity contribution in [3.8, 4) is 0 Å². The van der Waals surface area contributed by atoms with Crippen molar-refractivity contribution < 1.29 is 49.4 Å². The molecule has 0 aliphatic carbocycles. The van der Waals surface area contributed by atoms with Crippen LogP contribution < -0.4 is 10.6 Å². The van der Waals surface area contributed by atoms with Gasteiger partial charge in [-0.2, -0.15) is 39.5 Å². The molecule has 13 heteroatoms. The number of hydrogen-bond donors (Lipinski definition) is 3. The van der Waals surface area contributed by atoms with Gasteiger partial charge in [-0.1, -0.05) is 6.07 Å². The third-order valence-corrected chi connectivity index (χ3v) is 4.95. The molecule has 0 aromatic heterocycles. The van der Waals surface area contributed by atoms with Gasteiger partial charge in [0, 0.05) is 19.2 Å². The van der Waals surface area contributed by atoms with Gasteiger partial charge in [0.2, 0.25) is 11.5 Å². The van der Waals surface area contributed by atoms with Crippen molar-refractivity contribution in [1.29, 1.82) is 0 Å². The molecule has 2 aromatic rings. The van der Waals surface area contributed by atoms with Gasteiger partial charge in [0.1, 0.15) is 0 Å². The Balaban J connectivity index is 2.46. The fourth-order valence-electron chi connectivity index (χ4n) is 3.01. The molecule has 2 aromatic carbocycles. The fraction of sp³-hybridized carbons (Fsp3) is 0.381. The molecule has 1 atom stereocenters. The summed E-state index contributed by atoms with van der Waals surface area (Å²) in [5.41, 5.74) is -8.54. The molecule has 0 aliphatic heterocycles. The van der Waals surface area contributed by atoms with E-state index in [-0.39, 0.29) is 36.3 Å². The number of carbonyl (C=O) groups excluding carboxylic acids is 1. The first-order chi connectivity index (χ1) is 15.3. The van der Waals surface area contributed by atoms with Gasteiger partial charge in [-0.05, 0) is 53.9 Å². The zero-order chi connectivity index (χ0) is 26.1. The zero-order valence-corrected chi connectivity index (χ0v) is 17.6. The Morgan fingerprint density at radius 2 is 1.35 bits per heavy atom. The molecule has 0 bridgehead atoms. The van der Waals surface area contributed by atoms with Crippen molar-refractivity contribution in [2.75, 3.05) is 11.9 Å². The molecule has 188 valence electrons. The summed E-state index contributed by atoms with van der Waals surface area (Å²) in [6, 6.07) is 3.44. The average molecular weight is 502 g/mol. The summed E-state index contributed by atoms with van der Waals surface area (Å²) >= 11 is 0. The molecular formula is C21H19F9N2O2. The molecule has 0 unspecified atom stereocenters. The van der Waals surface area contributed by atoms with E-state index >= 15 is 0 Å². The second-order valence-corrected chi connectivity index (χ2v) is 7.56. The van der Waals surface area contributed by atoms with Crippen LogP contribution in [0.4, 0.5) is 45.2 Å². The second kappa shape index (κ2) is 9.35. The van der Waals surface area contributed by atoms with Gasteiger partial charge in [0.15, 0.2) is 0 Å². The van der Waals surface area contributed by atoms with E-state index < -0.39 is 47.4 Å². The summed E-state index contributed by atoms with van der Waals surface area (Å²) in [5, 5.41) is 15.1. The van der Waals surface area contributed by atoms with Gasteiger partial charge in [-0.3, -0.25) is 4.79 Å². The number of halogens is 9. The van der Waals surface area contributed by atoms with Crippen LogP contribution in [-0.2, 0) is 29.3 Å². The molecule has 1 amide bonds. The Morgan fingerprint density at radius 3 is 1.76 bits per heavy atom. The van der Waals surface area contributed by atoms with Crippen molar-refractivity contribution in [2.45, 2.75) is 44.5 Å². The topological polar surface area (TPSA) is 61.4 Å². The number of nitrogens with one attached hydrogen (secondary N) is 2. The molecule has 0 aliphatic rings. The van der Waals surface area contributed by atoms with Crippen LogP contribution in [0.15, 0.2) is 36.4 Å². The molecule has 2 rings (SSSR count). The van der Waals surface area contributed by atoms with Crippen molar-refractivity contribution >= 4 is 11.6 Å². The molecular weight excluding hydrogens is 483 g/mol. The van der Waals surface area contributed by atoms with Crippen molar-refractivity contribution in [1.82, 2.24) is 5.32 Å². The SMILES string of the molecule is CC(=O)NCc1ccc(NC[C@@](O)(c2cc(C(F)(F)F)cc(C(F)(F)F)c2)C(F)(F)F)cc1C. The van der Waals surface area contributed by atoms with Gasteiger partial charge in [-0.25, -0.2) is 0 Å². The van der Waals surface area contributed by atoms with E-state index in [9.17, 15) is 49.4 Å². The molecule has 0 heterocycles. The van der Waals surface area contributed by atoms with Crippen LogP contribution in [-0.4, -0.2) is 23.7 Å². The second-order valence-electron chi connectivity index (χ2n) is 7.56. The highest BCUT2D eigenvalue weighted by atomic mass is 19.4. The van der Waals surface area contributed by atoms with E-state index in [4.69, 9.17) is 0 Å². The molecule has 34 heavy (non-hydrogen) atoms. The first-order valence-electron chi connectivity index (χ1n) is 9.51. The summed E-state index contributed by atoms with van der Waals surface area (Å²) in [6.07, 6.45) is -16.4. The minimum absolute atomic E-state index is 0.00905. The number of benzene rings is 2. The predicted octanol–water partition coefficient (Wildman–Crippen LogP) is 5.53. The van der Waals surface area contributed by atoms with Crippen LogP contribution in [0, 0.1) is 6.92 Å². The molecule has 4 nitrogen and oxygen atoms in total. The Labute approximate surface area is 187 Å². The number of rotatable bonds is 6. The normalized spacial score (nSPS) is 14.5. The van der Waals surface area contributed by atoms with Gasteiger partial charge >= 0.3 is 18.5 Å². The maximum absolute atomic E-state index is 13.8. The molecule has 0 fully saturated rings. The number of aliphatic hydroxyl groups is 1. The van der Waals surface area contributed by atoms with Gasteiger partial charge in [0.05, 0.1) is 17.7 Å². The Kier molecular flexibility index (Phi) is 7.51. The lowest BCUT2D eigenvalue weighted by Crippen LogP contribution is -2.48. The summed E-state index contributed by atoms with van der Waals surface area (Å²) in [6.45, 7) is 1.50. The first-order valence-corrected chi connectivity index (χ1v) is 9.51.